The second-order valence-corrected chi connectivity index (χ2v) is 20.9. The van der Waals surface area contributed by atoms with Crippen molar-refractivity contribution in [2.24, 2.45) is 35.5 Å². The highest BCUT2D eigenvalue weighted by Crippen LogP contribution is 2.56. The van der Waals surface area contributed by atoms with E-state index in [1.807, 2.05) is 25.2 Å². The quantitative estimate of drug-likeness (QED) is 0.193. The molecular weight excluding hydrogens is 771 g/mol. The van der Waals surface area contributed by atoms with Crippen LogP contribution in [0.1, 0.15) is 125 Å². The van der Waals surface area contributed by atoms with Gasteiger partial charge in [-0.15, -0.1) is 0 Å². The maximum Gasteiger partial charge on any atom is 0.303 e. The average molecular weight is 842 g/mol. The Hall–Kier alpha value is -1.75. The fourth-order valence-corrected chi connectivity index (χ4v) is 12.9. The van der Waals surface area contributed by atoms with Crippen LogP contribution in [-0.2, 0) is 42.7 Å². The van der Waals surface area contributed by atoms with Crippen molar-refractivity contribution in [1.29, 1.82) is 0 Å². The molecule has 0 aromatic heterocycles. The molecule has 0 saturated carbocycles. The van der Waals surface area contributed by atoms with E-state index in [0.717, 1.165) is 37.8 Å². The Morgan fingerprint density at radius 1 is 0.867 bits per heavy atom. The Morgan fingerprint density at radius 2 is 1.67 bits per heavy atom. The van der Waals surface area contributed by atoms with Gasteiger partial charge >= 0.3 is 5.97 Å². The summed E-state index contributed by atoms with van der Waals surface area (Å²) in [6.07, 6.45) is 12.1. The third-order valence-electron chi connectivity index (χ3n) is 15.9. The number of ether oxygens (including phenoxy) is 8. The summed E-state index contributed by atoms with van der Waals surface area (Å²) in [7, 11) is 0. The highest BCUT2D eigenvalue weighted by molar-refractivity contribution is 5.66. The standard InChI is InChI=1S/C47H71NO12/c1-26-18-36-41-38(24-45(58-41)30(5)17-27(2)25-48-45)56-44(22-26,55-36)23-29(4)40-28(3)19-32(7)47(52,59-40)42(51)37-21-35-34(53-37)20-31(6)46(57-35)16-15-43(60-46)14-10-12-33(54-43)11-8-9-13-39(49)50/h8,10-12,26-28,30-38,40-42,48,51-52H,4,9,13-25H2,1-3,5-7H3,(H,49,50)/b11-8+/t26-,27+,28-,30+,31+,32+,33+,34+,35+,36-,37-,38+,40-,41+,42+,43-,44-,45-,46+,47+/m0/s1. The molecule has 0 unspecified atom stereocenters. The number of aliphatic carboxylic acids is 1. The third-order valence-corrected chi connectivity index (χ3v) is 15.9. The third kappa shape index (κ3) is 7.81. The molecule has 9 rings (SSSR count). The molecule has 9 aliphatic heterocycles. The number of piperidine rings is 1. The number of carbonyl (C=O) groups is 1. The Bertz CT molecular complexity index is 1690. The number of rotatable bonds is 9. The maximum atomic E-state index is 12.4. The van der Waals surface area contributed by atoms with Gasteiger partial charge < -0.3 is 53.2 Å². The van der Waals surface area contributed by atoms with Gasteiger partial charge in [-0.3, -0.25) is 10.1 Å². The SMILES string of the molecule is C=C(C[C@@]12C[C@@H](C)C[C@H](O1)[C@H]1O[C@]3(C[C@H]1O2)NC[C@H](C)C[C@H]3C)[C@H]1O[C@@](O)([C@H](O)[C@@H]2C[C@H]3O[C@@]4(CC[C@]5(CC=C[C@@H](/C=C/CCC(=O)O)O5)O4)[C@H](C)C[C@H]3O2)[C@H](C)C[C@@H]1C. The molecule has 3 spiro atoms. The van der Waals surface area contributed by atoms with Crippen LogP contribution < -0.4 is 5.32 Å². The fraction of sp³-hybridized carbons (Fsp3) is 0.851. The first-order chi connectivity index (χ1) is 28.4. The van der Waals surface area contributed by atoms with Crippen molar-refractivity contribution in [1.82, 2.24) is 5.32 Å². The molecule has 9 aliphatic rings. The van der Waals surface area contributed by atoms with E-state index < -0.39 is 53.2 Å². The molecule has 0 amide bonds. The van der Waals surface area contributed by atoms with Gasteiger partial charge in [0.25, 0.3) is 0 Å². The molecule has 13 nitrogen and oxygen atoms in total. The van der Waals surface area contributed by atoms with Crippen LogP contribution in [-0.4, -0.2) is 112 Å². The van der Waals surface area contributed by atoms with Crippen molar-refractivity contribution in [3.05, 3.63) is 36.5 Å². The normalized spacial score (nSPS) is 52.9. The summed E-state index contributed by atoms with van der Waals surface area (Å²) in [5, 5.41) is 37.3. The van der Waals surface area contributed by atoms with Gasteiger partial charge in [0.15, 0.2) is 23.1 Å². The first-order valence-electron chi connectivity index (χ1n) is 23.2. The van der Waals surface area contributed by atoms with E-state index in [2.05, 4.69) is 52.6 Å². The molecule has 4 N–H and O–H groups in total. The van der Waals surface area contributed by atoms with Crippen molar-refractivity contribution in [2.75, 3.05) is 6.54 Å². The van der Waals surface area contributed by atoms with Gasteiger partial charge in [0.05, 0.1) is 42.7 Å². The largest absolute Gasteiger partial charge is 0.481 e. The minimum absolute atomic E-state index is 0.0112. The molecule has 0 aliphatic carbocycles. The number of hydrogen-bond acceptors (Lipinski definition) is 12. The van der Waals surface area contributed by atoms with Gasteiger partial charge in [0, 0.05) is 69.7 Å². The van der Waals surface area contributed by atoms with Crippen molar-refractivity contribution >= 4 is 5.97 Å². The molecule has 0 aromatic rings. The number of aliphatic hydroxyl groups excluding tert-OH is 1. The zero-order valence-electron chi connectivity index (χ0n) is 36.6. The Labute approximate surface area is 355 Å². The second kappa shape index (κ2) is 16.0. The van der Waals surface area contributed by atoms with Gasteiger partial charge in [-0.2, -0.15) is 0 Å². The van der Waals surface area contributed by atoms with Crippen molar-refractivity contribution in [3.63, 3.8) is 0 Å². The van der Waals surface area contributed by atoms with Crippen LogP contribution in [0.15, 0.2) is 36.5 Å². The smallest absolute Gasteiger partial charge is 0.303 e. The zero-order chi connectivity index (χ0) is 42.4. The molecule has 9 heterocycles. The summed E-state index contributed by atoms with van der Waals surface area (Å²) in [6, 6.07) is 0. The van der Waals surface area contributed by atoms with Gasteiger partial charge in [-0.1, -0.05) is 72.4 Å². The van der Waals surface area contributed by atoms with Crippen LogP contribution in [0.3, 0.4) is 0 Å². The van der Waals surface area contributed by atoms with E-state index in [0.29, 0.717) is 69.1 Å². The Balaban J connectivity index is 0.845. The van der Waals surface area contributed by atoms with E-state index >= 15 is 0 Å². The minimum atomic E-state index is -1.88. The second-order valence-electron chi connectivity index (χ2n) is 20.9. The molecule has 8 fully saturated rings. The summed E-state index contributed by atoms with van der Waals surface area (Å²) in [5.74, 6) is -4.29. The predicted molar refractivity (Wildman–Crippen MR) is 219 cm³/mol. The molecule has 13 heteroatoms. The lowest BCUT2D eigenvalue weighted by molar-refractivity contribution is -0.367. The number of carboxylic acids is 1. The minimum Gasteiger partial charge on any atom is -0.481 e. The predicted octanol–water partition coefficient (Wildman–Crippen LogP) is 6.26. The first kappa shape index (κ1) is 43.5. The summed E-state index contributed by atoms with van der Waals surface area (Å²) >= 11 is 0. The molecular formula is C47H71NO12. The summed E-state index contributed by atoms with van der Waals surface area (Å²) in [4.78, 5) is 11.0. The van der Waals surface area contributed by atoms with Crippen molar-refractivity contribution in [2.45, 2.75) is 209 Å². The number of allylic oxidation sites excluding steroid dienone is 1. The lowest BCUT2D eigenvalue weighted by Gasteiger charge is -2.53. The zero-order valence-corrected chi connectivity index (χ0v) is 36.6. The monoisotopic (exact) mass is 841 g/mol. The van der Waals surface area contributed by atoms with Crippen LogP contribution in [0.25, 0.3) is 0 Å². The summed E-state index contributed by atoms with van der Waals surface area (Å²) in [5.41, 5.74) is 0.391. The van der Waals surface area contributed by atoms with E-state index in [1.165, 1.54) is 0 Å². The van der Waals surface area contributed by atoms with Crippen molar-refractivity contribution in [3.8, 4) is 0 Å². The average Bonchev–Trinajstić information content (AvgIpc) is 3.87. The van der Waals surface area contributed by atoms with E-state index in [9.17, 15) is 15.0 Å². The van der Waals surface area contributed by atoms with E-state index in [-0.39, 0.29) is 60.8 Å². The topological polar surface area (TPSA) is 164 Å². The fourth-order valence-electron chi connectivity index (χ4n) is 12.9. The molecule has 0 radical (unpaired) electrons. The highest BCUT2D eigenvalue weighted by atomic mass is 16.8. The molecule has 20 atom stereocenters. The van der Waals surface area contributed by atoms with Crippen LogP contribution in [0.4, 0.5) is 0 Å². The van der Waals surface area contributed by atoms with Crippen LogP contribution in [0.2, 0.25) is 0 Å². The summed E-state index contributed by atoms with van der Waals surface area (Å²) < 4.78 is 54.2. The lowest BCUT2D eigenvalue weighted by atomic mass is 9.76. The maximum absolute atomic E-state index is 12.4. The number of aliphatic hydroxyl groups is 2. The van der Waals surface area contributed by atoms with E-state index in [4.69, 9.17) is 43.0 Å². The van der Waals surface area contributed by atoms with Crippen LogP contribution in [0.5, 0.6) is 0 Å². The number of nitrogens with one attached hydrogen (secondary N) is 1. The first-order valence-corrected chi connectivity index (χ1v) is 23.2. The van der Waals surface area contributed by atoms with Crippen molar-refractivity contribution < 1.29 is 58.0 Å². The van der Waals surface area contributed by atoms with Crippen LogP contribution in [0, 0.1) is 35.5 Å². The molecule has 2 bridgehead atoms. The highest BCUT2D eigenvalue weighted by Gasteiger charge is 2.64. The van der Waals surface area contributed by atoms with Gasteiger partial charge in [-0.05, 0) is 61.3 Å². The Kier molecular flexibility index (Phi) is 11.6. The number of fused-ring (bicyclic) bond motifs is 5. The van der Waals surface area contributed by atoms with Gasteiger partial charge in [0.2, 0.25) is 0 Å². The molecule has 336 valence electrons. The van der Waals surface area contributed by atoms with Crippen LogP contribution >= 0.6 is 0 Å². The van der Waals surface area contributed by atoms with Gasteiger partial charge in [0.1, 0.15) is 17.9 Å². The molecule has 8 saturated heterocycles. The molecule has 0 aromatic carbocycles. The van der Waals surface area contributed by atoms with Gasteiger partial charge in [-0.25, -0.2) is 0 Å². The summed E-state index contributed by atoms with van der Waals surface area (Å²) in [6.45, 7) is 18.5. The number of hydrogen-bond donors (Lipinski definition) is 4. The lowest BCUT2D eigenvalue weighted by Crippen LogP contribution is -2.62. The Morgan fingerprint density at radius 3 is 2.45 bits per heavy atom. The van der Waals surface area contributed by atoms with E-state index in [1.54, 1.807) is 0 Å². The number of carboxylic acid groups (broad SMARTS) is 1. The molecule has 60 heavy (non-hydrogen) atoms.